The Labute approximate surface area is 187 Å². The molecule has 2 atom stereocenters. The first-order valence-electron chi connectivity index (χ1n) is 9.60. The van der Waals surface area contributed by atoms with Gasteiger partial charge in [0.25, 0.3) is 5.91 Å². The van der Waals surface area contributed by atoms with E-state index < -0.39 is 24.7 Å². The average Bonchev–Trinajstić information content (AvgIpc) is 2.70. The van der Waals surface area contributed by atoms with Gasteiger partial charge in [-0.1, -0.05) is 35.9 Å². The normalized spacial score (nSPS) is 16.3. The van der Waals surface area contributed by atoms with Crippen LogP contribution < -0.4 is 15.8 Å². The Morgan fingerprint density at radius 3 is 2.53 bits per heavy atom. The molecule has 5 N–H and O–H groups in total. The first kappa shape index (κ1) is 23.4. The van der Waals surface area contributed by atoms with Crippen molar-refractivity contribution in [3.8, 4) is 5.75 Å². The summed E-state index contributed by atoms with van der Waals surface area (Å²) in [4.78, 5) is 26.4. The largest absolute Gasteiger partial charge is 0.435 e. The molecule has 1 saturated heterocycles. The van der Waals surface area contributed by atoms with Crippen LogP contribution >= 0.6 is 11.6 Å². The number of hydrogen-bond donors (Lipinski definition) is 4. The Kier molecular flexibility index (Phi) is 7.26. The Balaban J connectivity index is 1.61. The highest BCUT2D eigenvalue weighted by molar-refractivity contribution is 6.30. The van der Waals surface area contributed by atoms with E-state index in [0.29, 0.717) is 12.0 Å². The van der Waals surface area contributed by atoms with Gasteiger partial charge in [-0.25, -0.2) is 0 Å². The molecular formula is C21H21ClF2N4O4. The maximum Gasteiger partial charge on any atom is 0.387 e. The highest BCUT2D eigenvalue weighted by Gasteiger charge is 2.40. The monoisotopic (exact) mass is 466 g/mol. The summed E-state index contributed by atoms with van der Waals surface area (Å²) >= 11 is 5.87. The molecule has 0 spiro atoms. The Morgan fingerprint density at radius 2 is 1.97 bits per heavy atom. The fourth-order valence-corrected chi connectivity index (χ4v) is 3.48. The zero-order valence-corrected chi connectivity index (χ0v) is 17.5. The van der Waals surface area contributed by atoms with Gasteiger partial charge in [-0.2, -0.15) is 8.78 Å². The minimum Gasteiger partial charge on any atom is -0.435 e. The summed E-state index contributed by atoms with van der Waals surface area (Å²) in [5, 5.41) is 20.6. The van der Waals surface area contributed by atoms with Crippen LogP contribution in [0.25, 0.3) is 0 Å². The zero-order valence-electron chi connectivity index (χ0n) is 16.7. The first-order chi connectivity index (χ1) is 15.2. The van der Waals surface area contributed by atoms with Gasteiger partial charge in [-0.3, -0.25) is 15.0 Å². The molecule has 11 heteroatoms. The van der Waals surface area contributed by atoms with Gasteiger partial charge < -0.3 is 25.8 Å². The van der Waals surface area contributed by atoms with Crippen LogP contribution in [0, 0.1) is 5.41 Å². The molecule has 32 heavy (non-hydrogen) atoms. The SMILES string of the molecule is N=C(N)c1ccc(CNC(=O)[C@@H]2CCN2C(=O)[C@H](O)c2cc(Cl)cc(OC(F)F)c2)cc1. The number of benzene rings is 2. The van der Waals surface area contributed by atoms with Gasteiger partial charge in [0.05, 0.1) is 0 Å². The second kappa shape index (κ2) is 9.92. The third kappa shape index (κ3) is 5.51. The van der Waals surface area contributed by atoms with E-state index in [1.54, 1.807) is 24.3 Å². The third-order valence-corrected chi connectivity index (χ3v) is 5.22. The molecular weight excluding hydrogens is 446 g/mol. The van der Waals surface area contributed by atoms with Gasteiger partial charge in [0.15, 0.2) is 6.10 Å². The average molecular weight is 467 g/mol. The van der Waals surface area contributed by atoms with Crippen molar-refractivity contribution in [3.05, 3.63) is 64.2 Å². The fourth-order valence-electron chi connectivity index (χ4n) is 3.25. The van der Waals surface area contributed by atoms with Crippen molar-refractivity contribution in [1.82, 2.24) is 10.2 Å². The number of alkyl halides is 2. The summed E-state index contributed by atoms with van der Waals surface area (Å²) < 4.78 is 29.2. The van der Waals surface area contributed by atoms with Gasteiger partial charge in [0.1, 0.15) is 17.6 Å². The Bertz CT molecular complexity index is 1020. The van der Waals surface area contributed by atoms with Crippen LogP contribution in [0.4, 0.5) is 8.78 Å². The predicted octanol–water partition coefficient (Wildman–Crippen LogP) is 2.18. The van der Waals surface area contributed by atoms with Crippen LogP contribution in [0.1, 0.15) is 29.2 Å². The number of aliphatic hydroxyl groups is 1. The number of amides is 2. The summed E-state index contributed by atoms with van der Waals surface area (Å²) in [7, 11) is 0. The van der Waals surface area contributed by atoms with E-state index in [9.17, 15) is 23.5 Å². The molecule has 0 saturated carbocycles. The van der Waals surface area contributed by atoms with Crippen LogP contribution in [-0.4, -0.2) is 46.9 Å². The van der Waals surface area contributed by atoms with Crippen molar-refractivity contribution >= 4 is 29.3 Å². The van der Waals surface area contributed by atoms with Crippen LogP contribution in [0.5, 0.6) is 5.75 Å². The lowest BCUT2D eigenvalue weighted by molar-refractivity contribution is -0.154. The van der Waals surface area contributed by atoms with E-state index in [2.05, 4.69) is 10.1 Å². The lowest BCUT2D eigenvalue weighted by atomic mass is 9.98. The minimum absolute atomic E-state index is 0.0127. The minimum atomic E-state index is -3.09. The lowest BCUT2D eigenvalue weighted by Crippen LogP contribution is -2.59. The summed E-state index contributed by atoms with van der Waals surface area (Å²) in [6.07, 6.45) is -1.27. The molecule has 170 valence electrons. The number of rotatable bonds is 8. The van der Waals surface area contributed by atoms with E-state index in [0.717, 1.165) is 17.7 Å². The standard InChI is InChI=1S/C21H21ClF2N4O4/c22-14-7-13(8-15(9-14)32-21(23)24)17(29)20(31)28-6-5-16(28)19(30)27-10-11-1-3-12(4-2-11)18(25)26/h1-4,7-9,16-17,21,29H,5-6,10H2,(H3,25,26)(H,27,30)/t16-,17+/m0/s1. The summed E-state index contributed by atoms with van der Waals surface area (Å²) in [6.45, 7) is -2.61. The molecule has 1 aliphatic rings. The molecule has 0 radical (unpaired) electrons. The highest BCUT2D eigenvalue weighted by Crippen LogP contribution is 2.29. The second-order valence-electron chi connectivity index (χ2n) is 7.17. The number of hydrogen-bond acceptors (Lipinski definition) is 5. The number of carbonyl (C=O) groups excluding carboxylic acids is 2. The zero-order chi connectivity index (χ0) is 23.4. The van der Waals surface area contributed by atoms with Gasteiger partial charge in [0, 0.05) is 23.7 Å². The van der Waals surface area contributed by atoms with Crippen molar-refractivity contribution in [3.63, 3.8) is 0 Å². The van der Waals surface area contributed by atoms with E-state index in [4.69, 9.17) is 22.7 Å². The van der Waals surface area contributed by atoms with Crippen LogP contribution in [0.2, 0.25) is 5.02 Å². The number of amidine groups is 1. The molecule has 3 rings (SSSR count). The molecule has 0 bridgehead atoms. The van der Waals surface area contributed by atoms with E-state index in [1.165, 1.54) is 11.0 Å². The third-order valence-electron chi connectivity index (χ3n) is 5.01. The maximum atomic E-state index is 12.7. The van der Waals surface area contributed by atoms with Crippen molar-refractivity contribution < 1.29 is 28.2 Å². The van der Waals surface area contributed by atoms with Gasteiger partial charge in [-0.15, -0.1) is 0 Å². The smallest absolute Gasteiger partial charge is 0.387 e. The lowest BCUT2D eigenvalue weighted by Gasteiger charge is -2.40. The number of halogens is 3. The molecule has 2 aromatic carbocycles. The van der Waals surface area contributed by atoms with Crippen LogP contribution in [-0.2, 0) is 16.1 Å². The first-order valence-corrected chi connectivity index (χ1v) is 9.98. The molecule has 2 amide bonds. The van der Waals surface area contributed by atoms with Crippen molar-refractivity contribution in [1.29, 1.82) is 5.41 Å². The maximum absolute atomic E-state index is 12.7. The number of likely N-dealkylation sites (tertiary alicyclic amines) is 1. The predicted molar refractivity (Wildman–Crippen MR) is 112 cm³/mol. The topological polar surface area (TPSA) is 129 Å². The molecule has 0 aliphatic carbocycles. The van der Waals surface area contributed by atoms with Gasteiger partial charge >= 0.3 is 6.61 Å². The fraction of sp³-hybridized carbons (Fsp3) is 0.286. The summed E-state index contributed by atoms with van der Waals surface area (Å²) in [5.74, 6) is -1.48. The number of carbonyl (C=O) groups is 2. The Morgan fingerprint density at radius 1 is 1.28 bits per heavy atom. The van der Waals surface area contributed by atoms with E-state index >= 15 is 0 Å². The number of nitrogens with zero attached hydrogens (tertiary/aromatic N) is 1. The van der Waals surface area contributed by atoms with Crippen LogP contribution in [0.3, 0.4) is 0 Å². The number of aliphatic hydroxyl groups excluding tert-OH is 1. The molecule has 0 aromatic heterocycles. The van der Waals surface area contributed by atoms with E-state index in [1.807, 2.05) is 0 Å². The van der Waals surface area contributed by atoms with Crippen molar-refractivity contribution in [2.75, 3.05) is 6.54 Å². The summed E-state index contributed by atoms with van der Waals surface area (Å²) in [5.41, 5.74) is 6.73. The molecule has 1 aliphatic heterocycles. The molecule has 8 nitrogen and oxygen atoms in total. The van der Waals surface area contributed by atoms with Crippen LogP contribution in [0.15, 0.2) is 42.5 Å². The molecule has 1 fully saturated rings. The highest BCUT2D eigenvalue weighted by atomic mass is 35.5. The van der Waals surface area contributed by atoms with Crippen molar-refractivity contribution in [2.45, 2.75) is 31.7 Å². The Hall–Kier alpha value is -3.24. The number of nitrogen functional groups attached to an aromatic ring is 1. The quantitative estimate of drug-likeness (QED) is 0.350. The summed E-state index contributed by atoms with van der Waals surface area (Å²) in [6, 6.07) is 9.52. The van der Waals surface area contributed by atoms with Crippen molar-refractivity contribution in [2.24, 2.45) is 5.73 Å². The number of nitrogens with two attached hydrogens (primary N) is 1. The van der Waals surface area contributed by atoms with Gasteiger partial charge in [0.2, 0.25) is 5.91 Å². The molecule has 2 aromatic rings. The number of ether oxygens (including phenoxy) is 1. The number of nitrogens with one attached hydrogen (secondary N) is 2. The molecule has 0 unspecified atom stereocenters. The van der Waals surface area contributed by atoms with E-state index in [-0.39, 0.29) is 41.2 Å². The van der Waals surface area contributed by atoms with Gasteiger partial charge in [-0.05, 0) is 35.7 Å². The second-order valence-corrected chi connectivity index (χ2v) is 7.60. The molecule has 1 heterocycles.